The number of fused-ring (bicyclic) bond motifs is 1. The topological polar surface area (TPSA) is 99.2 Å². The second-order valence-corrected chi connectivity index (χ2v) is 8.96. The number of ether oxygens (including phenoxy) is 1. The molecule has 0 saturated carbocycles. The van der Waals surface area contributed by atoms with Crippen molar-refractivity contribution in [2.75, 3.05) is 23.3 Å². The van der Waals surface area contributed by atoms with Gasteiger partial charge in [0.05, 0.1) is 28.6 Å². The van der Waals surface area contributed by atoms with Gasteiger partial charge in [0.25, 0.3) is 5.91 Å². The number of imidazole rings is 1. The molecule has 5 rings (SSSR count). The maximum absolute atomic E-state index is 13.3. The van der Waals surface area contributed by atoms with Crippen LogP contribution in [0.4, 0.5) is 11.4 Å². The Morgan fingerprint density at radius 1 is 1.03 bits per heavy atom. The molecule has 0 aliphatic carbocycles. The summed E-state index contributed by atoms with van der Waals surface area (Å²) >= 11 is 0. The molecule has 1 aliphatic rings. The van der Waals surface area contributed by atoms with E-state index in [0.717, 1.165) is 42.7 Å². The predicted octanol–water partition coefficient (Wildman–Crippen LogP) is 2.83. The van der Waals surface area contributed by atoms with Crippen molar-refractivity contribution in [2.45, 2.75) is 25.9 Å². The van der Waals surface area contributed by atoms with E-state index < -0.39 is 0 Å². The smallest absolute Gasteiger partial charge is 0.328 e. The molecular weight excluding hydrogens is 446 g/mol. The van der Waals surface area contributed by atoms with E-state index in [1.54, 1.807) is 65.4 Å². The number of piperidine rings is 1. The largest absolute Gasteiger partial charge is 0.487 e. The first kappa shape index (κ1) is 22.7. The molecule has 1 amide bonds. The fourth-order valence-electron chi connectivity index (χ4n) is 4.57. The lowest BCUT2D eigenvalue weighted by Gasteiger charge is -2.30. The van der Waals surface area contributed by atoms with E-state index in [1.807, 2.05) is 12.1 Å². The Morgan fingerprint density at radius 3 is 2.49 bits per heavy atom. The van der Waals surface area contributed by atoms with Gasteiger partial charge in [0, 0.05) is 39.8 Å². The lowest BCUT2D eigenvalue weighted by atomic mass is 10.1. The van der Waals surface area contributed by atoms with Gasteiger partial charge in [0.2, 0.25) is 0 Å². The maximum Gasteiger partial charge on any atom is 0.328 e. The number of nitrogens with zero attached hydrogens (tertiary/aromatic N) is 6. The molecule has 0 unspecified atom stereocenters. The summed E-state index contributed by atoms with van der Waals surface area (Å²) < 4.78 is 10.7. The van der Waals surface area contributed by atoms with Crippen LogP contribution in [0.5, 0.6) is 5.75 Å². The van der Waals surface area contributed by atoms with Crippen molar-refractivity contribution in [2.24, 2.45) is 21.1 Å². The van der Waals surface area contributed by atoms with Gasteiger partial charge in [-0.3, -0.25) is 18.6 Å². The van der Waals surface area contributed by atoms with Gasteiger partial charge in [0.15, 0.2) is 0 Å². The molecule has 3 heterocycles. The third-order valence-corrected chi connectivity index (χ3v) is 6.47. The zero-order valence-corrected chi connectivity index (χ0v) is 20.2. The first-order valence-corrected chi connectivity index (χ1v) is 11.7. The predicted molar refractivity (Wildman–Crippen MR) is 134 cm³/mol. The molecule has 1 N–H and O–H groups in total. The molecule has 0 atom stereocenters. The van der Waals surface area contributed by atoms with Gasteiger partial charge in [-0.25, -0.2) is 4.79 Å². The molecule has 10 heteroatoms. The number of aryl methyl sites for hydroxylation is 3. The average molecular weight is 476 g/mol. The second kappa shape index (κ2) is 9.28. The number of hydrogen-bond donors (Lipinski definition) is 1. The van der Waals surface area contributed by atoms with Crippen LogP contribution in [0.1, 0.15) is 35.3 Å². The van der Waals surface area contributed by atoms with Crippen LogP contribution >= 0.6 is 0 Å². The number of anilines is 2. The van der Waals surface area contributed by atoms with E-state index in [9.17, 15) is 9.59 Å². The molecule has 35 heavy (non-hydrogen) atoms. The standard InChI is InChI=1S/C25H29N7O3/c1-29-15-18(27-28-29)16-35-19-9-7-8-17(12-19)24(33)26-20-13-22-23(31(3)25(34)30(22)2)14-21(20)32-10-5-4-6-11-32/h7-9,12-15H,4-6,10-11,16H2,1-3H3,(H,26,33). The molecule has 2 aromatic heterocycles. The van der Waals surface area contributed by atoms with E-state index in [1.165, 1.54) is 6.42 Å². The first-order chi connectivity index (χ1) is 16.9. The molecular formula is C25H29N7O3. The SMILES string of the molecule is Cn1cc(COc2cccc(C(=O)Nc3cc4c(cc3N3CCCCC3)n(C)c(=O)n4C)c2)nn1. The van der Waals surface area contributed by atoms with Crippen molar-refractivity contribution >= 4 is 28.3 Å². The number of hydrogen-bond acceptors (Lipinski definition) is 6. The molecule has 0 radical (unpaired) electrons. The summed E-state index contributed by atoms with van der Waals surface area (Å²) in [4.78, 5) is 28.1. The van der Waals surface area contributed by atoms with Crippen LogP contribution in [0, 0.1) is 0 Å². The number of aromatic nitrogens is 5. The summed E-state index contributed by atoms with van der Waals surface area (Å²) in [6.07, 6.45) is 5.19. The number of rotatable bonds is 6. The molecule has 182 valence electrons. The number of carbonyl (C=O) groups excluding carboxylic acids is 1. The molecule has 1 saturated heterocycles. The second-order valence-electron chi connectivity index (χ2n) is 8.96. The quantitative estimate of drug-likeness (QED) is 0.460. The Balaban J connectivity index is 1.43. The Hall–Kier alpha value is -4.08. The highest BCUT2D eigenvalue weighted by Crippen LogP contribution is 2.33. The number of nitrogens with one attached hydrogen (secondary N) is 1. The fraction of sp³-hybridized carbons (Fsp3) is 0.360. The highest BCUT2D eigenvalue weighted by molar-refractivity contribution is 6.07. The molecule has 1 aliphatic heterocycles. The Labute approximate surface area is 202 Å². The van der Waals surface area contributed by atoms with Crippen molar-refractivity contribution in [3.63, 3.8) is 0 Å². The Morgan fingerprint density at radius 2 is 1.77 bits per heavy atom. The summed E-state index contributed by atoms with van der Waals surface area (Å²) in [5.41, 5.74) is 4.33. The maximum atomic E-state index is 13.3. The van der Waals surface area contributed by atoms with Crippen LogP contribution in [0.2, 0.25) is 0 Å². The molecule has 2 aromatic carbocycles. The fourth-order valence-corrected chi connectivity index (χ4v) is 4.57. The molecule has 0 spiro atoms. The summed E-state index contributed by atoms with van der Waals surface area (Å²) in [6, 6.07) is 11.0. The summed E-state index contributed by atoms with van der Waals surface area (Å²) in [6.45, 7) is 2.10. The van der Waals surface area contributed by atoms with E-state index in [4.69, 9.17) is 4.74 Å². The minimum absolute atomic E-state index is 0.0963. The highest BCUT2D eigenvalue weighted by Gasteiger charge is 2.20. The van der Waals surface area contributed by atoms with Gasteiger partial charge in [-0.2, -0.15) is 0 Å². The van der Waals surface area contributed by atoms with Gasteiger partial charge in [-0.1, -0.05) is 11.3 Å². The number of benzene rings is 2. The first-order valence-electron chi connectivity index (χ1n) is 11.7. The van der Waals surface area contributed by atoms with Crippen molar-refractivity contribution in [3.8, 4) is 5.75 Å². The molecule has 0 bridgehead atoms. The van der Waals surface area contributed by atoms with Gasteiger partial charge in [-0.15, -0.1) is 5.10 Å². The number of amides is 1. The van der Waals surface area contributed by atoms with E-state index in [-0.39, 0.29) is 18.2 Å². The summed E-state index contributed by atoms with van der Waals surface area (Å²) in [5.74, 6) is 0.328. The van der Waals surface area contributed by atoms with Gasteiger partial charge in [-0.05, 0) is 49.6 Å². The minimum Gasteiger partial charge on any atom is -0.487 e. The lowest BCUT2D eigenvalue weighted by molar-refractivity contribution is 0.102. The van der Waals surface area contributed by atoms with Crippen molar-refractivity contribution < 1.29 is 9.53 Å². The zero-order valence-electron chi connectivity index (χ0n) is 20.2. The van der Waals surface area contributed by atoms with E-state index >= 15 is 0 Å². The highest BCUT2D eigenvalue weighted by atomic mass is 16.5. The summed E-state index contributed by atoms with van der Waals surface area (Å²) in [5, 5.41) is 11.0. The molecule has 1 fully saturated rings. The van der Waals surface area contributed by atoms with Crippen LogP contribution in [0.25, 0.3) is 11.0 Å². The van der Waals surface area contributed by atoms with E-state index in [2.05, 4.69) is 20.5 Å². The Bertz CT molecular complexity index is 1440. The van der Waals surface area contributed by atoms with Crippen LogP contribution in [-0.4, -0.2) is 43.1 Å². The minimum atomic E-state index is -0.242. The lowest BCUT2D eigenvalue weighted by Crippen LogP contribution is -2.30. The Kier molecular flexibility index (Phi) is 6.02. The third-order valence-electron chi connectivity index (χ3n) is 6.47. The van der Waals surface area contributed by atoms with Gasteiger partial charge < -0.3 is 15.0 Å². The molecule has 10 nitrogen and oxygen atoms in total. The van der Waals surface area contributed by atoms with Crippen LogP contribution < -0.4 is 20.6 Å². The van der Waals surface area contributed by atoms with Crippen molar-refractivity contribution in [3.05, 3.63) is 64.3 Å². The van der Waals surface area contributed by atoms with Crippen molar-refractivity contribution in [1.82, 2.24) is 24.1 Å². The van der Waals surface area contributed by atoms with Crippen LogP contribution in [0.15, 0.2) is 47.4 Å². The normalized spacial score (nSPS) is 13.9. The van der Waals surface area contributed by atoms with E-state index in [0.29, 0.717) is 22.7 Å². The van der Waals surface area contributed by atoms with Gasteiger partial charge in [0.1, 0.15) is 18.1 Å². The number of carbonyl (C=O) groups is 1. The third kappa shape index (κ3) is 4.51. The summed E-state index contributed by atoms with van der Waals surface area (Å²) in [7, 11) is 5.31. The zero-order chi connectivity index (χ0) is 24.5. The average Bonchev–Trinajstić information content (AvgIpc) is 3.39. The van der Waals surface area contributed by atoms with Crippen molar-refractivity contribution in [1.29, 1.82) is 0 Å². The van der Waals surface area contributed by atoms with Crippen LogP contribution in [-0.2, 0) is 27.7 Å². The van der Waals surface area contributed by atoms with Gasteiger partial charge >= 0.3 is 5.69 Å². The molecule has 4 aromatic rings. The monoisotopic (exact) mass is 475 g/mol. The van der Waals surface area contributed by atoms with Crippen LogP contribution in [0.3, 0.4) is 0 Å².